The largest absolute Gasteiger partial charge is 0.509 e. The first-order chi connectivity index (χ1) is 13.9. The minimum absolute atomic E-state index is 0.0133. The van der Waals surface area contributed by atoms with Crippen molar-refractivity contribution in [1.82, 2.24) is 4.90 Å². The molecule has 1 amide bonds. The average molecular weight is 440 g/mol. The van der Waals surface area contributed by atoms with Gasteiger partial charge in [-0.25, -0.2) is 9.59 Å². The number of alkyl halides is 1. The van der Waals surface area contributed by atoms with Gasteiger partial charge >= 0.3 is 12.1 Å². The highest BCUT2D eigenvalue weighted by molar-refractivity contribution is 8.04. The lowest BCUT2D eigenvalue weighted by atomic mass is 9.81. The molecule has 2 fully saturated rings. The number of methoxy groups -OCH3 is 1. The highest BCUT2D eigenvalue weighted by atomic mass is 35.5. The van der Waals surface area contributed by atoms with Crippen LogP contribution in [0, 0.1) is 5.92 Å². The van der Waals surface area contributed by atoms with Crippen LogP contribution in [0.4, 0.5) is 4.79 Å². The zero-order valence-corrected chi connectivity index (χ0v) is 17.2. The van der Waals surface area contributed by atoms with Crippen molar-refractivity contribution < 1.29 is 33.3 Å². The number of nitrogens with zero attached hydrogens (tertiary/aromatic N) is 1. The maximum atomic E-state index is 12.8. The molecule has 0 spiro atoms. The van der Waals surface area contributed by atoms with Crippen LogP contribution >= 0.6 is 23.4 Å². The first kappa shape index (κ1) is 19.9. The van der Waals surface area contributed by atoms with Gasteiger partial charge < -0.3 is 18.9 Å². The van der Waals surface area contributed by atoms with Crippen LogP contribution in [-0.4, -0.2) is 53.5 Å². The zero-order valence-electron chi connectivity index (χ0n) is 15.7. The van der Waals surface area contributed by atoms with Crippen molar-refractivity contribution in [3.05, 3.63) is 40.4 Å². The van der Waals surface area contributed by atoms with Crippen LogP contribution in [0.15, 0.2) is 34.9 Å². The summed E-state index contributed by atoms with van der Waals surface area (Å²) in [5, 5.41) is -0.390. The predicted octanol–water partition coefficient (Wildman–Crippen LogP) is 2.65. The number of ether oxygens (including phenoxy) is 4. The third kappa shape index (κ3) is 3.32. The maximum Gasteiger partial charge on any atom is 0.509 e. The Hall–Kier alpha value is -2.39. The van der Waals surface area contributed by atoms with Gasteiger partial charge in [0.1, 0.15) is 36.0 Å². The first-order valence-electron chi connectivity index (χ1n) is 8.82. The Morgan fingerprint density at radius 1 is 1.34 bits per heavy atom. The Morgan fingerprint density at radius 2 is 2.07 bits per heavy atom. The molecule has 1 aromatic rings. The number of carbonyl (C=O) groups is 3. The average Bonchev–Trinajstić information content (AvgIpc) is 3.23. The van der Waals surface area contributed by atoms with E-state index in [1.165, 1.54) is 16.7 Å². The molecule has 0 bridgehead atoms. The predicted molar refractivity (Wildman–Crippen MR) is 103 cm³/mol. The zero-order chi connectivity index (χ0) is 20.8. The van der Waals surface area contributed by atoms with Gasteiger partial charge in [0.25, 0.3) is 0 Å². The fraction of sp³-hybridized carbons (Fsp3) is 0.421. The highest BCUT2D eigenvalue weighted by Crippen LogP contribution is 2.54. The molecule has 8 nitrogen and oxygen atoms in total. The van der Waals surface area contributed by atoms with Crippen molar-refractivity contribution in [2.75, 3.05) is 19.6 Å². The lowest BCUT2D eigenvalue weighted by Crippen LogP contribution is -2.65. The van der Waals surface area contributed by atoms with Gasteiger partial charge in [-0.2, -0.15) is 0 Å². The Labute approximate surface area is 176 Å². The molecule has 3 heterocycles. The minimum atomic E-state index is -1.07. The number of benzene rings is 1. The Bertz CT molecular complexity index is 902. The van der Waals surface area contributed by atoms with Gasteiger partial charge in [-0.15, -0.1) is 23.4 Å². The van der Waals surface area contributed by atoms with Crippen LogP contribution in [0.5, 0.6) is 5.75 Å². The topological polar surface area (TPSA) is 91.4 Å². The Balaban J connectivity index is 1.46. The van der Waals surface area contributed by atoms with Crippen molar-refractivity contribution in [3.8, 4) is 5.75 Å². The van der Waals surface area contributed by atoms with E-state index < -0.39 is 23.6 Å². The molecular weight excluding hydrogens is 422 g/mol. The van der Waals surface area contributed by atoms with Crippen molar-refractivity contribution >= 4 is 41.4 Å². The lowest BCUT2D eigenvalue weighted by molar-refractivity contribution is -0.164. The number of hydrogen-bond donors (Lipinski definition) is 0. The summed E-state index contributed by atoms with van der Waals surface area (Å²) in [6, 6.07) is 7.11. The summed E-state index contributed by atoms with van der Waals surface area (Å²) in [4.78, 5) is 38.9. The summed E-state index contributed by atoms with van der Waals surface area (Å²) < 4.78 is 20.6. The van der Waals surface area contributed by atoms with Crippen molar-refractivity contribution in [1.29, 1.82) is 0 Å². The number of esters is 1. The molecule has 10 heteroatoms. The molecule has 3 atom stereocenters. The van der Waals surface area contributed by atoms with Gasteiger partial charge in [0.15, 0.2) is 5.60 Å². The number of allylic oxidation sites excluding steroid dienone is 1. The number of halogens is 1. The fourth-order valence-corrected chi connectivity index (χ4v) is 5.39. The molecule has 2 saturated heterocycles. The van der Waals surface area contributed by atoms with E-state index in [0.717, 1.165) is 5.56 Å². The van der Waals surface area contributed by atoms with Gasteiger partial charge in [0.05, 0.1) is 13.0 Å². The molecule has 0 N–H and O–H groups in total. The van der Waals surface area contributed by atoms with Gasteiger partial charge in [-0.05, 0) is 24.6 Å². The third-order valence-corrected chi connectivity index (χ3v) is 6.88. The van der Waals surface area contributed by atoms with Gasteiger partial charge in [-0.1, -0.05) is 12.1 Å². The second-order valence-electron chi connectivity index (χ2n) is 6.98. The number of cyclic esters (lactones) is 2. The van der Waals surface area contributed by atoms with E-state index in [2.05, 4.69) is 0 Å². The summed E-state index contributed by atoms with van der Waals surface area (Å²) in [6.45, 7) is 1.69. The quantitative estimate of drug-likeness (QED) is 0.379. The minimum Gasteiger partial charge on any atom is -0.497 e. The van der Waals surface area contributed by atoms with Crippen molar-refractivity contribution in [3.63, 3.8) is 0 Å². The number of thioether (sulfide) groups is 1. The number of carbonyl (C=O) groups excluding carboxylic acids is 3. The van der Waals surface area contributed by atoms with E-state index in [0.29, 0.717) is 10.7 Å². The smallest absolute Gasteiger partial charge is 0.497 e. The van der Waals surface area contributed by atoms with Crippen molar-refractivity contribution in [2.24, 2.45) is 5.92 Å². The summed E-state index contributed by atoms with van der Waals surface area (Å²) >= 11 is 7.33. The molecule has 0 saturated carbocycles. The number of amides is 1. The molecule has 29 heavy (non-hydrogen) atoms. The van der Waals surface area contributed by atoms with Gasteiger partial charge in [0, 0.05) is 4.91 Å². The maximum absolute atomic E-state index is 12.8. The molecule has 0 aliphatic carbocycles. The summed E-state index contributed by atoms with van der Waals surface area (Å²) in [7, 11) is 1.57. The first-order valence-corrected chi connectivity index (χ1v) is 10.2. The van der Waals surface area contributed by atoms with E-state index in [-0.39, 0.29) is 36.1 Å². The van der Waals surface area contributed by atoms with Crippen molar-refractivity contribution in [2.45, 2.75) is 24.5 Å². The Morgan fingerprint density at radius 3 is 2.66 bits per heavy atom. The van der Waals surface area contributed by atoms with E-state index in [1.54, 1.807) is 38.3 Å². The molecule has 2 unspecified atom stereocenters. The standard InChI is InChI=1S/C19H18ClNO7S/c1-19(9-27-18(24)28-19)13-15(22)21-14(12(7-20)29-16(13)21)17(23)26-8-10-3-5-11(25-2)6-4-10/h3-6,13,16H,7-9H2,1-2H3/t13?,16-,19?/m0/s1. The molecule has 4 rings (SSSR count). The molecule has 154 valence electrons. The fourth-order valence-electron chi connectivity index (χ4n) is 3.57. The normalized spacial score (nSPS) is 27.9. The van der Waals surface area contributed by atoms with Gasteiger partial charge in [-0.3, -0.25) is 9.69 Å². The molecule has 1 aromatic carbocycles. The third-order valence-electron chi connectivity index (χ3n) is 5.11. The second kappa shape index (κ2) is 7.46. The number of rotatable bonds is 6. The number of β-lactam (4-membered cyclic amide) rings is 1. The van der Waals surface area contributed by atoms with Crippen LogP contribution in [0.25, 0.3) is 0 Å². The summed E-state index contributed by atoms with van der Waals surface area (Å²) in [5.74, 6) is -0.797. The molecule has 0 aromatic heterocycles. The van der Waals surface area contributed by atoms with E-state index in [1.807, 2.05) is 0 Å². The Kier molecular flexibility index (Phi) is 5.12. The molecule has 3 aliphatic heterocycles. The second-order valence-corrected chi connectivity index (χ2v) is 8.46. The molecule has 0 radical (unpaired) electrons. The molecule has 3 aliphatic rings. The number of fused-ring (bicyclic) bond motifs is 1. The van der Waals surface area contributed by atoms with Crippen LogP contribution in [-0.2, 0) is 30.4 Å². The van der Waals surface area contributed by atoms with Crippen LogP contribution in [0.1, 0.15) is 12.5 Å². The van der Waals surface area contributed by atoms with E-state index in [9.17, 15) is 14.4 Å². The molecular formula is C19H18ClNO7S. The highest BCUT2D eigenvalue weighted by Gasteiger charge is 2.65. The van der Waals surface area contributed by atoms with Crippen LogP contribution in [0.2, 0.25) is 0 Å². The monoisotopic (exact) mass is 439 g/mol. The lowest BCUT2D eigenvalue weighted by Gasteiger charge is -2.47. The van der Waals surface area contributed by atoms with Gasteiger partial charge in [0.2, 0.25) is 5.91 Å². The van der Waals surface area contributed by atoms with Crippen LogP contribution in [0.3, 0.4) is 0 Å². The summed E-state index contributed by atoms with van der Waals surface area (Å²) in [6.07, 6.45) is -0.800. The summed E-state index contributed by atoms with van der Waals surface area (Å²) in [5.41, 5.74) is -0.134. The SMILES string of the molecule is COc1ccc(COC(=O)C2=C(CCl)S[C@H]3C(C4(C)COC(=O)O4)C(=O)N23)cc1. The van der Waals surface area contributed by atoms with E-state index >= 15 is 0 Å². The number of hydrogen-bond acceptors (Lipinski definition) is 8. The van der Waals surface area contributed by atoms with E-state index in [4.69, 9.17) is 30.5 Å². The van der Waals surface area contributed by atoms with Crippen LogP contribution < -0.4 is 4.74 Å².